The van der Waals surface area contributed by atoms with Crippen molar-refractivity contribution >= 4 is 39.3 Å². The second-order valence-corrected chi connectivity index (χ2v) is 5.64. The molecule has 4 rings (SSSR count). The second-order valence-electron chi connectivity index (χ2n) is 4.66. The number of benzene rings is 2. The van der Waals surface area contributed by atoms with Crippen molar-refractivity contribution in [2.75, 3.05) is 5.73 Å². The Morgan fingerprint density at radius 3 is 2.95 bits per heavy atom. The number of nitrogens with two attached hydrogens (primary N) is 1. The number of aromatic nitrogens is 4. The van der Waals surface area contributed by atoms with Gasteiger partial charge in [0.2, 0.25) is 0 Å². The minimum Gasteiger partial charge on any atom is -0.399 e. The summed E-state index contributed by atoms with van der Waals surface area (Å²) in [5.74, 6) is 0. The van der Waals surface area contributed by atoms with E-state index in [1.54, 1.807) is 6.20 Å². The lowest BCUT2D eigenvalue weighted by Gasteiger charge is -2.01. The first-order valence-corrected chi connectivity index (χ1v) is 7.25. The molecule has 0 saturated heterocycles. The van der Waals surface area contributed by atoms with Crippen LogP contribution in [0.15, 0.2) is 58.8 Å². The first-order chi connectivity index (χ1) is 10.3. The van der Waals surface area contributed by atoms with E-state index in [2.05, 4.69) is 20.2 Å². The van der Waals surface area contributed by atoms with Gasteiger partial charge in [-0.3, -0.25) is 0 Å². The molecule has 0 saturated carbocycles. The Kier molecular flexibility index (Phi) is 2.75. The summed E-state index contributed by atoms with van der Waals surface area (Å²) >= 11 is 1.47. The molecular formula is C15H11N5S. The summed E-state index contributed by atoms with van der Waals surface area (Å²) < 4.78 is 0. The van der Waals surface area contributed by atoms with Gasteiger partial charge in [-0.15, -0.1) is 5.10 Å². The highest BCUT2D eigenvalue weighted by molar-refractivity contribution is 7.99. The number of hydrogen-bond donors (Lipinski definition) is 2. The normalized spacial score (nSPS) is 11.2. The number of anilines is 1. The molecule has 0 amide bonds. The molecule has 0 bridgehead atoms. The Balaban J connectivity index is 1.79. The number of rotatable bonds is 2. The maximum Gasteiger partial charge on any atom is 0.172 e. The summed E-state index contributed by atoms with van der Waals surface area (Å²) in [7, 11) is 0. The van der Waals surface area contributed by atoms with E-state index in [9.17, 15) is 0 Å². The standard InChI is InChI=1S/C15H11N5S/c16-10-5-6-12-13(7-10)19-15(18-12)21-14-11-4-2-1-3-9(11)8-17-20-14/h1-8H,16H2,(H,18,19). The van der Waals surface area contributed by atoms with Crippen LogP contribution in [0.2, 0.25) is 0 Å². The minimum atomic E-state index is 0.715. The van der Waals surface area contributed by atoms with Crippen LogP contribution in [0.3, 0.4) is 0 Å². The summed E-state index contributed by atoms with van der Waals surface area (Å²) in [6, 6.07) is 13.7. The highest BCUT2D eigenvalue weighted by Crippen LogP contribution is 2.30. The first kappa shape index (κ1) is 12.2. The van der Waals surface area contributed by atoms with Crippen LogP contribution in [0, 0.1) is 0 Å². The number of hydrogen-bond acceptors (Lipinski definition) is 5. The van der Waals surface area contributed by atoms with E-state index >= 15 is 0 Å². The average molecular weight is 293 g/mol. The van der Waals surface area contributed by atoms with Crippen molar-refractivity contribution in [3.05, 3.63) is 48.7 Å². The molecule has 0 spiro atoms. The molecule has 0 radical (unpaired) electrons. The molecule has 0 fully saturated rings. The van der Waals surface area contributed by atoms with Crippen molar-refractivity contribution in [1.29, 1.82) is 0 Å². The van der Waals surface area contributed by atoms with Gasteiger partial charge in [-0.2, -0.15) is 5.10 Å². The third-order valence-electron chi connectivity index (χ3n) is 3.21. The lowest BCUT2D eigenvalue weighted by atomic mass is 10.2. The van der Waals surface area contributed by atoms with Gasteiger partial charge in [0, 0.05) is 16.5 Å². The van der Waals surface area contributed by atoms with Crippen LogP contribution in [-0.4, -0.2) is 20.2 Å². The highest BCUT2D eigenvalue weighted by Gasteiger charge is 2.09. The van der Waals surface area contributed by atoms with Gasteiger partial charge in [0.15, 0.2) is 5.16 Å². The van der Waals surface area contributed by atoms with E-state index in [0.717, 1.165) is 32.0 Å². The zero-order valence-corrected chi connectivity index (χ0v) is 11.8. The number of imidazole rings is 1. The van der Waals surface area contributed by atoms with Crippen molar-refractivity contribution in [3.63, 3.8) is 0 Å². The van der Waals surface area contributed by atoms with Crippen molar-refractivity contribution < 1.29 is 0 Å². The fraction of sp³-hybridized carbons (Fsp3) is 0. The third kappa shape index (κ3) is 2.19. The predicted octanol–water partition coefficient (Wildman–Crippen LogP) is 3.24. The molecule has 102 valence electrons. The SMILES string of the molecule is Nc1ccc2nc(Sc3nncc4ccccc34)[nH]c2c1. The molecular weight excluding hydrogens is 282 g/mol. The van der Waals surface area contributed by atoms with Gasteiger partial charge in [0.1, 0.15) is 5.03 Å². The van der Waals surface area contributed by atoms with Gasteiger partial charge >= 0.3 is 0 Å². The number of fused-ring (bicyclic) bond motifs is 2. The van der Waals surface area contributed by atoms with Crippen molar-refractivity contribution in [3.8, 4) is 0 Å². The Hall–Kier alpha value is -2.60. The van der Waals surface area contributed by atoms with Crippen LogP contribution in [0.25, 0.3) is 21.8 Å². The molecule has 0 aliphatic heterocycles. The van der Waals surface area contributed by atoms with Crippen LogP contribution in [-0.2, 0) is 0 Å². The van der Waals surface area contributed by atoms with Crippen LogP contribution >= 0.6 is 11.8 Å². The van der Waals surface area contributed by atoms with E-state index < -0.39 is 0 Å². The molecule has 3 N–H and O–H groups in total. The lowest BCUT2D eigenvalue weighted by Crippen LogP contribution is -1.87. The quantitative estimate of drug-likeness (QED) is 0.555. The van der Waals surface area contributed by atoms with Crippen LogP contribution in [0.1, 0.15) is 0 Å². The lowest BCUT2D eigenvalue weighted by molar-refractivity contribution is 0.948. The van der Waals surface area contributed by atoms with Crippen LogP contribution in [0.5, 0.6) is 0 Å². The zero-order chi connectivity index (χ0) is 14.2. The zero-order valence-electron chi connectivity index (χ0n) is 10.9. The number of nitrogens with one attached hydrogen (secondary N) is 1. The molecule has 2 aromatic heterocycles. The summed E-state index contributed by atoms with van der Waals surface area (Å²) in [5, 5.41) is 12.0. The topological polar surface area (TPSA) is 80.5 Å². The van der Waals surface area contributed by atoms with Gasteiger partial charge in [-0.1, -0.05) is 24.3 Å². The Labute approximate surface area is 124 Å². The molecule has 0 aliphatic carbocycles. The largest absolute Gasteiger partial charge is 0.399 e. The molecule has 2 heterocycles. The first-order valence-electron chi connectivity index (χ1n) is 6.43. The Morgan fingerprint density at radius 1 is 1.10 bits per heavy atom. The van der Waals surface area contributed by atoms with E-state index in [1.165, 1.54) is 11.8 Å². The molecule has 4 aromatic rings. The maximum atomic E-state index is 5.78. The second kappa shape index (κ2) is 4.75. The molecule has 5 nitrogen and oxygen atoms in total. The summed E-state index contributed by atoms with van der Waals surface area (Å²) in [6.07, 6.45) is 1.76. The Morgan fingerprint density at radius 2 is 2.00 bits per heavy atom. The highest BCUT2D eigenvalue weighted by atomic mass is 32.2. The van der Waals surface area contributed by atoms with Gasteiger partial charge in [0.05, 0.1) is 17.2 Å². The van der Waals surface area contributed by atoms with E-state index in [1.807, 2.05) is 42.5 Å². The number of nitrogen functional groups attached to an aromatic ring is 1. The number of aromatic amines is 1. The van der Waals surface area contributed by atoms with E-state index in [4.69, 9.17) is 5.73 Å². The van der Waals surface area contributed by atoms with Crippen LogP contribution in [0.4, 0.5) is 5.69 Å². The number of H-pyrrole nitrogens is 1. The monoisotopic (exact) mass is 293 g/mol. The predicted molar refractivity (Wildman–Crippen MR) is 84.2 cm³/mol. The third-order valence-corrected chi connectivity index (χ3v) is 4.10. The summed E-state index contributed by atoms with van der Waals surface area (Å²) in [4.78, 5) is 7.79. The van der Waals surface area contributed by atoms with Crippen LogP contribution < -0.4 is 5.73 Å². The number of nitrogens with zero attached hydrogens (tertiary/aromatic N) is 3. The fourth-order valence-electron chi connectivity index (χ4n) is 2.22. The fourth-order valence-corrected chi connectivity index (χ4v) is 3.09. The van der Waals surface area contributed by atoms with E-state index in [-0.39, 0.29) is 0 Å². The minimum absolute atomic E-state index is 0.715. The summed E-state index contributed by atoms with van der Waals surface area (Å²) in [6.45, 7) is 0. The van der Waals surface area contributed by atoms with Gasteiger partial charge in [-0.25, -0.2) is 4.98 Å². The van der Waals surface area contributed by atoms with E-state index in [0.29, 0.717) is 5.69 Å². The van der Waals surface area contributed by atoms with Gasteiger partial charge in [0.25, 0.3) is 0 Å². The van der Waals surface area contributed by atoms with Crippen molar-refractivity contribution in [2.45, 2.75) is 10.2 Å². The van der Waals surface area contributed by atoms with Crippen molar-refractivity contribution in [1.82, 2.24) is 20.2 Å². The van der Waals surface area contributed by atoms with Gasteiger partial charge in [-0.05, 0) is 30.0 Å². The maximum absolute atomic E-state index is 5.78. The smallest absolute Gasteiger partial charge is 0.172 e. The molecule has 0 atom stereocenters. The molecule has 0 aliphatic rings. The van der Waals surface area contributed by atoms with Crippen molar-refractivity contribution in [2.24, 2.45) is 0 Å². The van der Waals surface area contributed by atoms with Gasteiger partial charge < -0.3 is 10.7 Å². The molecule has 0 unspecified atom stereocenters. The summed E-state index contributed by atoms with van der Waals surface area (Å²) in [5.41, 5.74) is 8.31. The molecule has 2 aromatic carbocycles. The molecule has 6 heteroatoms. The average Bonchev–Trinajstić information content (AvgIpc) is 2.89. The molecule has 21 heavy (non-hydrogen) atoms. The Bertz CT molecular complexity index is 942.